The van der Waals surface area contributed by atoms with Gasteiger partial charge in [0.15, 0.2) is 17.4 Å². The average Bonchev–Trinajstić information content (AvgIpc) is 3.12. The zero-order valence-electron chi connectivity index (χ0n) is 12.5. The predicted molar refractivity (Wildman–Crippen MR) is 88.4 cm³/mol. The van der Waals surface area contributed by atoms with Crippen molar-refractivity contribution in [2.45, 2.75) is 6.23 Å². The highest BCUT2D eigenvalue weighted by Crippen LogP contribution is 2.38. The first-order chi connectivity index (χ1) is 12.1. The molecule has 25 heavy (non-hydrogen) atoms. The quantitative estimate of drug-likeness (QED) is 0.698. The second-order valence-electron chi connectivity index (χ2n) is 5.18. The van der Waals surface area contributed by atoms with Crippen LogP contribution in [0.5, 0.6) is 5.75 Å². The molecule has 0 radical (unpaired) electrons. The largest absolute Gasteiger partial charge is 0.460 e. The van der Waals surface area contributed by atoms with Crippen molar-refractivity contribution in [1.29, 1.82) is 0 Å². The van der Waals surface area contributed by atoms with Crippen LogP contribution in [0.1, 0.15) is 16.7 Å². The molecule has 0 saturated heterocycles. The first-order valence-corrected chi connectivity index (χ1v) is 8.14. The first kappa shape index (κ1) is 15.6. The van der Waals surface area contributed by atoms with E-state index in [9.17, 15) is 13.2 Å². The fourth-order valence-corrected chi connectivity index (χ4v) is 3.22. The zero-order valence-corrected chi connectivity index (χ0v) is 13.4. The van der Waals surface area contributed by atoms with E-state index in [1.54, 1.807) is 24.5 Å². The van der Waals surface area contributed by atoms with Gasteiger partial charge < -0.3 is 10.1 Å². The lowest BCUT2D eigenvalue weighted by atomic mass is 10.2. The summed E-state index contributed by atoms with van der Waals surface area (Å²) in [7, 11) is 0. The number of ether oxygens (including phenoxy) is 1. The Hall–Kier alpha value is -2.87. The number of aliphatic imine (C=N–C) groups is 1. The number of nitrogens with zero attached hydrogens (tertiary/aromatic N) is 2. The number of hydrogen-bond donors (Lipinski definition) is 1. The van der Waals surface area contributed by atoms with E-state index < -0.39 is 29.4 Å². The van der Waals surface area contributed by atoms with Gasteiger partial charge in [0.2, 0.25) is 12.0 Å². The number of halogens is 3. The summed E-state index contributed by atoms with van der Waals surface area (Å²) < 4.78 is 46.0. The number of anilines is 1. The number of hydrogen-bond acceptors (Lipinski definition) is 5. The van der Waals surface area contributed by atoms with Crippen LogP contribution in [0.4, 0.5) is 18.9 Å². The van der Waals surface area contributed by atoms with Gasteiger partial charge in [0.1, 0.15) is 5.84 Å². The number of pyridine rings is 1. The summed E-state index contributed by atoms with van der Waals surface area (Å²) in [6.07, 6.45) is 2.36. The monoisotopic (exact) mass is 361 g/mol. The van der Waals surface area contributed by atoms with Gasteiger partial charge in [-0.3, -0.25) is 4.98 Å². The van der Waals surface area contributed by atoms with E-state index in [0.29, 0.717) is 10.7 Å². The van der Waals surface area contributed by atoms with Crippen molar-refractivity contribution in [2.75, 3.05) is 5.32 Å². The van der Waals surface area contributed by atoms with Crippen LogP contribution in [0, 0.1) is 17.5 Å². The number of rotatable bonds is 3. The van der Waals surface area contributed by atoms with Crippen LogP contribution >= 0.6 is 11.3 Å². The van der Waals surface area contributed by atoms with E-state index in [4.69, 9.17) is 4.74 Å². The second-order valence-corrected chi connectivity index (χ2v) is 6.13. The summed E-state index contributed by atoms with van der Waals surface area (Å²) in [5.74, 6) is -4.11. The van der Waals surface area contributed by atoms with Gasteiger partial charge in [0.05, 0.1) is 10.6 Å². The second kappa shape index (κ2) is 6.21. The number of aromatic nitrogens is 1. The molecule has 0 aliphatic carbocycles. The van der Waals surface area contributed by atoms with Crippen molar-refractivity contribution in [2.24, 2.45) is 4.99 Å². The molecule has 8 heteroatoms. The Morgan fingerprint density at radius 1 is 1.00 bits per heavy atom. The fraction of sp³-hybridized carbons (Fsp3) is 0.0588. The zero-order chi connectivity index (χ0) is 17.4. The van der Waals surface area contributed by atoms with Gasteiger partial charge in [-0.25, -0.2) is 13.8 Å². The van der Waals surface area contributed by atoms with E-state index in [2.05, 4.69) is 15.3 Å². The van der Waals surface area contributed by atoms with Gasteiger partial charge in [-0.05, 0) is 35.7 Å². The molecule has 0 spiro atoms. The van der Waals surface area contributed by atoms with Crippen LogP contribution in [-0.4, -0.2) is 10.8 Å². The van der Waals surface area contributed by atoms with Gasteiger partial charge in [0.25, 0.3) is 0 Å². The van der Waals surface area contributed by atoms with Crippen molar-refractivity contribution in [3.05, 3.63) is 76.0 Å². The van der Waals surface area contributed by atoms with Crippen LogP contribution in [0.15, 0.2) is 53.1 Å². The maximum atomic E-state index is 13.9. The fourth-order valence-electron chi connectivity index (χ4n) is 2.41. The third-order valence-electron chi connectivity index (χ3n) is 3.61. The highest BCUT2D eigenvalue weighted by atomic mass is 32.1. The minimum Gasteiger partial charge on any atom is -0.460 e. The normalized spacial score (nSPS) is 16.0. The summed E-state index contributed by atoms with van der Waals surface area (Å²) in [5.41, 5.74) is 1.53. The van der Waals surface area contributed by atoms with E-state index >= 15 is 0 Å². The lowest BCUT2D eigenvalue weighted by Crippen LogP contribution is -2.22. The predicted octanol–water partition coefficient (Wildman–Crippen LogP) is 4.51. The van der Waals surface area contributed by atoms with Gasteiger partial charge in [0, 0.05) is 18.0 Å². The SMILES string of the molecule is Fc1ccc(OC2N=C(c3ccncc3)Nc3ccsc32)c(F)c1F. The Morgan fingerprint density at radius 3 is 2.60 bits per heavy atom. The lowest BCUT2D eigenvalue weighted by Gasteiger charge is -2.23. The number of amidine groups is 1. The van der Waals surface area contributed by atoms with E-state index in [-0.39, 0.29) is 0 Å². The molecular weight excluding hydrogens is 351 g/mol. The molecule has 3 heterocycles. The third kappa shape index (κ3) is 2.85. The Kier molecular flexibility index (Phi) is 3.89. The molecule has 4 rings (SSSR count). The molecule has 1 unspecified atom stereocenters. The van der Waals surface area contributed by atoms with Gasteiger partial charge in [-0.15, -0.1) is 11.3 Å². The number of benzene rings is 1. The van der Waals surface area contributed by atoms with E-state index in [1.165, 1.54) is 11.3 Å². The first-order valence-electron chi connectivity index (χ1n) is 7.26. The van der Waals surface area contributed by atoms with Crippen molar-refractivity contribution in [1.82, 2.24) is 4.98 Å². The van der Waals surface area contributed by atoms with Crippen LogP contribution in [0.2, 0.25) is 0 Å². The smallest absolute Gasteiger partial charge is 0.229 e. The molecule has 0 amide bonds. The average molecular weight is 361 g/mol. The Bertz CT molecular complexity index is 959. The minimum atomic E-state index is -1.57. The lowest BCUT2D eigenvalue weighted by molar-refractivity contribution is 0.205. The molecule has 1 aliphatic heterocycles. The molecule has 1 atom stereocenters. The molecule has 126 valence electrons. The van der Waals surface area contributed by atoms with Crippen molar-refractivity contribution < 1.29 is 17.9 Å². The molecule has 0 fully saturated rings. The molecular formula is C17H10F3N3OS. The van der Waals surface area contributed by atoms with Gasteiger partial charge in [-0.2, -0.15) is 4.39 Å². The van der Waals surface area contributed by atoms with E-state index in [1.807, 2.05) is 11.4 Å². The van der Waals surface area contributed by atoms with Crippen LogP contribution in [0.25, 0.3) is 0 Å². The molecule has 4 nitrogen and oxygen atoms in total. The van der Waals surface area contributed by atoms with Crippen LogP contribution in [0.3, 0.4) is 0 Å². The van der Waals surface area contributed by atoms with Crippen molar-refractivity contribution in [3.63, 3.8) is 0 Å². The topological polar surface area (TPSA) is 46.5 Å². The number of fused-ring (bicyclic) bond motifs is 1. The summed E-state index contributed by atoms with van der Waals surface area (Å²) >= 11 is 1.37. The van der Waals surface area contributed by atoms with Crippen molar-refractivity contribution >= 4 is 22.9 Å². The van der Waals surface area contributed by atoms with Crippen LogP contribution < -0.4 is 10.1 Å². The Morgan fingerprint density at radius 2 is 1.80 bits per heavy atom. The maximum absolute atomic E-state index is 13.9. The van der Waals surface area contributed by atoms with Crippen molar-refractivity contribution in [3.8, 4) is 5.75 Å². The molecule has 1 N–H and O–H groups in total. The van der Waals surface area contributed by atoms with Gasteiger partial charge >= 0.3 is 0 Å². The van der Waals surface area contributed by atoms with Crippen LogP contribution in [-0.2, 0) is 0 Å². The molecule has 1 aromatic carbocycles. The third-order valence-corrected chi connectivity index (χ3v) is 4.56. The molecule has 0 bridgehead atoms. The Balaban J connectivity index is 1.73. The highest BCUT2D eigenvalue weighted by Gasteiger charge is 2.27. The molecule has 1 aliphatic rings. The standard InChI is InChI=1S/C17H10F3N3OS/c18-10-1-2-12(14(20)13(10)19)24-17-15-11(5-8-25-15)22-16(23-17)9-3-6-21-7-4-9/h1-8,17H,(H,22,23). The number of thiophene rings is 1. The summed E-state index contributed by atoms with van der Waals surface area (Å²) in [6, 6.07) is 7.23. The summed E-state index contributed by atoms with van der Waals surface area (Å²) in [4.78, 5) is 9.10. The molecule has 3 aromatic rings. The maximum Gasteiger partial charge on any atom is 0.229 e. The molecule has 2 aromatic heterocycles. The number of nitrogens with one attached hydrogen (secondary N) is 1. The van der Waals surface area contributed by atoms with Gasteiger partial charge in [-0.1, -0.05) is 0 Å². The molecule has 0 saturated carbocycles. The Labute approximate surface area is 144 Å². The van der Waals surface area contributed by atoms with E-state index in [0.717, 1.165) is 23.4 Å². The highest BCUT2D eigenvalue weighted by molar-refractivity contribution is 7.10. The summed E-state index contributed by atoms with van der Waals surface area (Å²) in [5, 5.41) is 5.00. The summed E-state index contributed by atoms with van der Waals surface area (Å²) in [6.45, 7) is 0. The minimum absolute atomic E-state index is 0.400.